The van der Waals surface area contributed by atoms with Crippen molar-refractivity contribution in [3.05, 3.63) is 40.4 Å². The third-order valence-corrected chi connectivity index (χ3v) is 6.93. The van der Waals surface area contributed by atoms with Crippen LogP contribution in [-0.4, -0.2) is 89.4 Å². The standard InChI is InChI=1S/C27H40ClFN6O2/c1-8-34(15-14-32(5)6)26(37)23(27(2,3)4)31-25(36)22-21-17-33(7)12-9-13-35(21)24(30-22)19-16-18(28)10-11-20(19)29/h10-11,16,23H,8-9,12-15,17H2,1-7H3,(H,31,36)/t23-/m1/s1. The third kappa shape index (κ3) is 6.89. The summed E-state index contributed by atoms with van der Waals surface area (Å²) in [5, 5.41) is 3.38. The average molecular weight is 535 g/mol. The molecule has 8 nitrogen and oxygen atoms in total. The Kier molecular flexibility index (Phi) is 9.37. The Morgan fingerprint density at radius 1 is 1.22 bits per heavy atom. The second kappa shape index (κ2) is 11.9. The number of amides is 2. The molecule has 1 aliphatic heterocycles. The highest BCUT2D eigenvalue weighted by Crippen LogP contribution is 2.30. The zero-order valence-electron chi connectivity index (χ0n) is 23.1. The second-order valence-corrected chi connectivity index (χ2v) is 11.5. The Morgan fingerprint density at radius 2 is 1.92 bits per heavy atom. The largest absolute Gasteiger partial charge is 0.340 e. The molecule has 204 valence electrons. The van der Waals surface area contributed by atoms with Crippen LogP contribution in [0.15, 0.2) is 18.2 Å². The molecule has 0 unspecified atom stereocenters. The van der Waals surface area contributed by atoms with Crippen molar-refractivity contribution in [2.45, 2.75) is 53.2 Å². The number of rotatable bonds is 8. The van der Waals surface area contributed by atoms with Gasteiger partial charge in [-0.2, -0.15) is 0 Å². The lowest BCUT2D eigenvalue weighted by molar-refractivity contribution is -0.135. The topological polar surface area (TPSA) is 73.7 Å². The fourth-order valence-corrected chi connectivity index (χ4v) is 4.72. The number of likely N-dealkylation sites (N-methyl/N-ethyl adjacent to an activating group) is 2. The van der Waals surface area contributed by atoms with Crippen LogP contribution in [0.1, 0.15) is 50.3 Å². The molecule has 0 radical (unpaired) electrons. The first-order valence-electron chi connectivity index (χ1n) is 12.8. The molecule has 2 heterocycles. The van der Waals surface area contributed by atoms with Crippen LogP contribution < -0.4 is 5.32 Å². The normalized spacial score (nSPS) is 15.3. The quantitative estimate of drug-likeness (QED) is 0.558. The molecular formula is C27H40ClFN6O2. The van der Waals surface area contributed by atoms with Gasteiger partial charge in [0.1, 0.15) is 17.7 Å². The highest BCUT2D eigenvalue weighted by Gasteiger charge is 2.37. The van der Waals surface area contributed by atoms with Gasteiger partial charge in [-0.25, -0.2) is 9.37 Å². The molecule has 1 atom stereocenters. The van der Waals surface area contributed by atoms with Gasteiger partial charge in [-0.3, -0.25) is 9.59 Å². The number of imidazole rings is 1. The van der Waals surface area contributed by atoms with E-state index >= 15 is 0 Å². The number of hydrogen-bond donors (Lipinski definition) is 1. The zero-order valence-corrected chi connectivity index (χ0v) is 23.8. The van der Waals surface area contributed by atoms with E-state index in [-0.39, 0.29) is 17.2 Å². The molecule has 2 aromatic rings. The van der Waals surface area contributed by atoms with E-state index in [0.29, 0.717) is 42.7 Å². The van der Waals surface area contributed by atoms with Crippen LogP contribution in [0.4, 0.5) is 4.39 Å². The van der Waals surface area contributed by atoms with Gasteiger partial charge < -0.3 is 24.6 Å². The van der Waals surface area contributed by atoms with Crippen molar-refractivity contribution in [3.8, 4) is 11.4 Å². The molecule has 3 rings (SSSR count). The van der Waals surface area contributed by atoms with Crippen LogP contribution in [-0.2, 0) is 17.9 Å². The predicted octanol–water partition coefficient (Wildman–Crippen LogP) is 3.73. The van der Waals surface area contributed by atoms with Crippen molar-refractivity contribution in [2.75, 3.05) is 47.3 Å². The maximum Gasteiger partial charge on any atom is 0.272 e. The van der Waals surface area contributed by atoms with Crippen molar-refractivity contribution in [3.63, 3.8) is 0 Å². The van der Waals surface area contributed by atoms with Crippen molar-refractivity contribution >= 4 is 23.4 Å². The summed E-state index contributed by atoms with van der Waals surface area (Å²) in [6.45, 7) is 11.5. The number of nitrogens with one attached hydrogen (secondary N) is 1. The maximum absolute atomic E-state index is 14.9. The smallest absolute Gasteiger partial charge is 0.272 e. The monoisotopic (exact) mass is 534 g/mol. The molecule has 0 saturated heterocycles. The molecule has 1 N–H and O–H groups in total. The first kappa shape index (κ1) is 29.1. The van der Waals surface area contributed by atoms with Crippen LogP contribution in [0.25, 0.3) is 11.4 Å². The Bertz CT molecular complexity index is 1130. The molecule has 37 heavy (non-hydrogen) atoms. The molecule has 0 saturated carbocycles. The fourth-order valence-electron chi connectivity index (χ4n) is 4.55. The first-order valence-corrected chi connectivity index (χ1v) is 13.2. The molecule has 0 aliphatic carbocycles. The molecular weight excluding hydrogens is 495 g/mol. The van der Waals surface area contributed by atoms with E-state index < -0.39 is 23.2 Å². The van der Waals surface area contributed by atoms with Gasteiger partial charge in [-0.1, -0.05) is 32.4 Å². The number of carbonyl (C=O) groups is 2. The van der Waals surface area contributed by atoms with E-state index in [1.165, 1.54) is 18.2 Å². The number of nitrogens with zero attached hydrogens (tertiary/aromatic N) is 5. The summed E-state index contributed by atoms with van der Waals surface area (Å²) in [7, 11) is 5.90. The van der Waals surface area contributed by atoms with Gasteiger partial charge in [0.25, 0.3) is 5.91 Å². The van der Waals surface area contributed by atoms with E-state index in [1.54, 1.807) is 4.90 Å². The van der Waals surface area contributed by atoms with Gasteiger partial charge >= 0.3 is 0 Å². The molecule has 0 bridgehead atoms. The van der Waals surface area contributed by atoms with Crippen molar-refractivity contribution in [1.29, 1.82) is 0 Å². The summed E-state index contributed by atoms with van der Waals surface area (Å²) in [6.07, 6.45) is 0.830. The van der Waals surface area contributed by atoms with Crippen LogP contribution in [0.2, 0.25) is 5.02 Å². The number of hydrogen-bond acceptors (Lipinski definition) is 5. The molecule has 0 spiro atoms. The third-order valence-electron chi connectivity index (χ3n) is 6.70. The van der Waals surface area contributed by atoms with Gasteiger partial charge in [0, 0.05) is 37.7 Å². The Labute approximate surface area is 224 Å². The summed E-state index contributed by atoms with van der Waals surface area (Å²) < 4.78 is 16.8. The lowest BCUT2D eigenvalue weighted by Crippen LogP contribution is -2.55. The van der Waals surface area contributed by atoms with Crippen LogP contribution in [0.3, 0.4) is 0 Å². The maximum atomic E-state index is 14.9. The summed E-state index contributed by atoms with van der Waals surface area (Å²) >= 11 is 6.18. The average Bonchev–Trinajstić information content (AvgIpc) is 3.04. The Balaban J connectivity index is 2.02. The Morgan fingerprint density at radius 3 is 2.54 bits per heavy atom. The van der Waals surface area contributed by atoms with Crippen molar-refractivity contribution < 1.29 is 14.0 Å². The summed E-state index contributed by atoms with van der Waals surface area (Å²) in [4.78, 5) is 37.9. The van der Waals surface area contributed by atoms with E-state index in [0.717, 1.165) is 19.5 Å². The van der Waals surface area contributed by atoms with Crippen LogP contribution in [0.5, 0.6) is 0 Å². The number of carbonyl (C=O) groups excluding carboxylic acids is 2. The van der Waals surface area contributed by atoms with E-state index in [2.05, 4.69) is 15.2 Å². The van der Waals surface area contributed by atoms with Crippen molar-refractivity contribution in [1.82, 2.24) is 29.6 Å². The minimum atomic E-state index is -0.755. The SMILES string of the molecule is CCN(CCN(C)C)C(=O)[C@@H](NC(=O)c1nc(-c2cc(Cl)ccc2F)n2c1CN(C)CCC2)C(C)(C)C. The van der Waals surface area contributed by atoms with Gasteiger partial charge in [0.2, 0.25) is 5.91 Å². The summed E-state index contributed by atoms with van der Waals surface area (Å²) in [6, 6.07) is 3.58. The molecule has 10 heteroatoms. The molecule has 1 aromatic heterocycles. The highest BCUT2D eigenvalue weighted by atomic mass is 35.5. The molecule has 0 fully saturated rings. The van der Waals surface area contributed by atoms with Crippen LogP contribution in [0, 0.1) is 11.2 Å². The minimum Gasteiger partial charge on any atom is -0.340 e. The lowest BCUT2D eigenvalue weighted by Gasteiger charge is -2.35. The van der Waals surface area contributed by atoms with E-state index in [9.17, 15) is 14.0 Å². The first-order chi connectivity index (χ1) is 17.3. The summed E-state index contributed by atoms with van der Waals surface area (Å²) in [5.74, 6) is -0.655. The molecule has 1 aromatic carbocycles. The molecule has 2 amide bonds. The number of fused-ring (bicyclic) bond motifs is 1. The second-order valence-electron chi connectivity index (χ2n) is 11.1. The van der Waals surface area contributed by atoms with Gasteiger partial charge in [0.15, 0.2) is 5.69 Å². The van der Waals surface area contributed by atoms with E-state index in [4.69, 9.17) is 11.6 Å². The minimum absolute atomic E-state index is 0.131. The van der Waals surface area contributed by atoms with Gasteiger partial charge in [-0.15, -0.1) is 0 Å². The van der Waals surface area contributed by atoms with Crippen molar-refractivity contribution in [2.24, 2.45) is 5.41 Å². The van der Waals surface area contributed by atoms with Gasteiger partial charge in [0.05, 0.1) is 11.3 Å². The van der Waals surface area contributed by atoms with E-state index in [1.807, 2.05) is 58.3 Å². The number of aromatic nitrogens is 2. The summed E-state index contributed by atoms with van der Waals surface area (Å²) in [5.41, 5.74) is 0.628. The Hall–Kier alpha value is -2.49. The van der Waals surface area contributed by atoms with Crippen LogP contribution >= 0.6 is 11.6 Å². The predicted molar refractivity (Wildman–Crippen MR) is 145 cm³/mol. The zero-order chi connectivity index (χ0) is 27.5. The fraction of sp³-hybridized carbons (Fsp3) is 0.593. The number of benzene rings is 1. The van der Waals surface area contributed by atoms with Gasteiger partial charge in [-0.05, 0) is 64.6 Å². The lowest BCUT2D eigenvalue weighted by atomic mass is 9.85. The molecule has 1 aliphatic rings. The highest BCUT2D eigenvalue weighted by molar-refractivity contribution is 6.30. The number of halogens is 2.